The minimum atomic E-state index is -0.0321. The van der Waals surface area contributed by atoms with Crippen LogP contribution in [0.2, 0.25) is 0 Å². The van der Waals surface area contributed by atoms with Gasteiger partial charge in [0.25, 0.3) is 0 Å². The molecule has 0 aromatic heterocycles. The fourth-order valence-corrected chi connectivity index (χ4v) is 3.39. The largest absolute Gasteiger partial charge is 0.385 e. The molecule has 4 nitrogen and oxygen atoms in total. The standard InChI is InChI=1S/C17H25N3O/c21-17(20-15-9-2-1-3-10-15)19-12-14-7-4-6-13-8-5-11-18-16(13)14/h4,6-7,15,18H,1-3,5,8-12H2,(H2,19,20,21). The number of nitrogens with one attached hydrogen (secondary N) is 3. The summed E-state index contributed by atoms with van der Waals surface area (Å²) in [6.07, 6.45) is 8.34. The molecule has 1 aromatic rings. The quantitative estimate of drug-likeness (QED) is 0.800. The number of carbonyl (C=O) groups is 1. The summed E-state index contributed by atoms with van der Waals surface area (Å²) in [5.74, 6) is 0. The molecule has 1 saturated carbocycles. The van der Waals surface area contributed by atoms with Gasteiger partial charge in [-0.15, -0.1) is 0 Å². The van der Waals surface area contributed by atoms with E-state index in [0.29, 0.717) is 12.6 Å². The van der Waals surface area contributed by atoms with Crippen molar-refractivity contribution in [2.75, 3.05) is 11.9 Å². The van der Waals surface area contributed by atoms with Crippen molar-refractivity contribution in [1.82, 2.24) is 10.6 Å². The fraction of sp³-hybridized carbons (Fsp3) is 0.588. The number of hydrogen-bond donors (Lipinski definition) is 3. The molecule has 1 fully saturated rings. The van der Waals surface area contributed by atoms with Crippen LogP contribution in [0.25, 0.3) is 0 Å². The molecule has 0 spiro atoms. The van der Waals surface area contributed by atoms with Crippen LogP contribution < -0.4 is 16.0 Å². The number of hydrogen-bond acceptors (Lipinski definition) is 2. The van der Waals surface area contributed by atoms with Crippen molar-refractivity contribution in [3.05, 3.63) is 29.3 Å². The van der Waals surface area contributed by atoms with Crippen LogP contribution in [0, 0.1) is 0 Å². The van der Waals surface area contributed by atoms with Crippen LogP contribution >= 0.6 is 0 Å². The van der Waals surface area contributed by atoms with Crippen molar-refractivity contribution in [3.8, 4) is 0 Å². The number of rotatable bonds is 3. The first-order valence-electron chi connectivity index (χ1n) is 8.22. The van der Waals surface area contributed by atoms with Gasteiger partial charge in [0.05, 0.1) is 0 Å². The van der Waals surface area contributed by atoms with E-state index in [9.17, 15) is 4.79 Å². The van der Waals surface area contributed by atoms with Gasteiger partial charge in [-0.25, -0.2) is 4.79 Å². The third kappa shape index (κ3) is 3.69. The average molecular weight is 287 g/mol. The topological polar surface area (TPSA) is 53.2 Å². The molecule has 21 heavy (non-hydrogen) atoms. The molecule has 3 rings (SSSR count). The van der Waals surface area contributed by atoms with E-state index < -0.39 is 0 Å². The molecule has 3 N–H and O–H groups in total. The van der Waals surface area contributed by atoms with E-state index in [1.165, 1.54) is 42.5 Å². The second-order valence-electron chi connectivity index (χ2n) is 6.14. The molecule has 0 radical (unpaired) electrons. The molecule has 2 amide bonds. The number of para-hydroxylation sites is 1. The van der Waals surface area contributed by atoms with Crippen molar-refractivity contribution in [2.45, 2.75) is 57.5 Å². The highest BCUT2D eigenvalue weighted by atomic mass is 16.2. The van der Waals surface area contributed by atoms with Crippen LogP contribution in [0.15, 0.2) is 18.2 Å². The molecule has 4 heteroatoms. The molecular weight excluding hydrogens is 262 g/mol. The maximum absolute atomic E-state index is 12.0. The first-order valence-corrected chi connectivity index (χ1v) is 8.22. The zero-order chi connectivity index (χ0) is 14.5. The number of fused-ring (bicyclic) bond motifs is 1. The number of urea groups is 1. The number of aryl methyl sites for hydroxylation is 1. The molecule has 1 aromatic carbocycles. The molecule has 0 saturated heterocycles. The first kappa shape index (κ1) is 14.2. The summed E-state index contributed by atoms with van der Waals surface area (Å²) in [5.41, 5.74) is 3.78. The Morgan fingerprint density at radius 2 is 2.05 bits per heavy atom. The van der Waals surface area contributed by atoms with Crippen LogP contribution in [-0.2, 0) is 13.0 Å². The molecule has 1 aliphatic heterocycles. The van der Waals surface area contributed by atoms with Crippen molar-refractivity contribution in [3.63, 3.8) is 0 Å². The lowest BCUT2D eigenvalue weighted by Gasteiger charge is -2.24. The van der Waals surface area contributed by atoms with Gasteiger partial charge in [0, 0.05) is 24.8 Å². The van der Waals surface area contributed by atoms with Gasteiger partial charge in [0.2, 0.25) is 0 Å². The predicted octanol–water partition coefficient (Wildman–Crippen LogP) is 3.18. The fourth-order valence-electron chi connectivity index (χ4n) is 3.39. The Morgan fingerprint density at radius 1 is 1.19 bits per heavy atom. The van der Waals surface area contributed by atoms with E-state index in [2.05, 4.69) is 34.1 Å². The lowest BCUT2D eigenvalue weighted by atomic mass is 9.96. The summed E-state index contributed by atoms with van der Waals surface area (Å²) >= 11 is 0. The molecular formula is C17H25N3O. The van der Waals surface area contributed by atoms with E-state index in [1.54, 1.807) is 0 Å². The van der Waals surface area contributed by atoms with Crippen LogP contribution in [0.3, 0.4) is 0 Å². The van der Waals surface area contributed by atoms with Crippen molar-refractivity contribution in [2.24, 2.45) is 0 Å². The van der Waals surface area contributed by atoms with E-state index in [0.717, 1.165) is 25.8 Å². The minimum Gasteiger partial charge on any atom is -0.385 e. The van der Waals surface area contributed by atoms with Gasteiger partial charge < -0.3 is 16.0 Å². The van der Waals surface area contributed by atoms with Gasteiger partial charge in [-0.05, 0) is 36.8 Å². The Balaban J connectivity index is 1.53. The lowest BCUT2D eigenvalue weighted by molar-refractivity contribution is 0.232. The number of carbonyl (C=O) groups excluding carboxylic acids is 1. The third-order valence-electron chi connectivity index (χ3n) is 4.54. The highest BCUT2D eigenvalue weighted by molar-refractivity contribution is 5.74. The van der Waals surface area contributed by atoms with Crippen molar-refractivity contribution >= 4 is 11.7 Å². The third-order valence-corrected chi connectivity index (χ3v) is 4.54. The summed E-state index contributed by atoms with van der Waals surface area (Å²) in [6.45, 7) is 1.62. The zero-order valence-electron chi connectivity index (χ0n) is 12.6. The lowest BCUT2D eigenvalue weighted by Crippen LogP contribution is -2.42. The number of benzene rings is 1. The molecule has 0 unspecified atom stereocenters. The van der Waals surface area contributed by atoms with Crippen LogP contribution in [0.1, 0.15) is 49.7 Å². The van der Waals surface area contributed by atoms with E-state index in [4.69, 9.17) is 0 Å². The Hall–Kier alpha value is -1.71. The smallest absolute Gasteiger partial charge is 0.315 e. The molecule has 1 aliphatic carbocycles. The van der Waals surface area contributed by atoms with Crippen molar-refractivity contribution in [1.29, 1.82) is 0 Å². The van der Waals surface area contributed by atoms with Crippen LogP contribution in [-0.4, -0.2) is 18.6 Å². The number of amides is 2. The maximum atomic E-state index is 12.0. The second kappa shape index (κ2) is 6.83. The summed E-state index contributed by atoms with van der Waals surface area (Å²) in [4.78, 5) is 12.0. The molecule has 114 valence electrons. The molecule has 0 bridgehead atoms. The highest BCUT2D eigenvalue weighted by Crippen LogP contribution is 2.25. The summed E-state index contributed by atoms with van der Waals surface area (Å²) < 4.78 is 0. The van der Waals surface area contributed by atoms with Crippen LogP contribution in [0.5, 0.6) is 0 Å². The Labute approximate surface area is 126 Å². The van der Waals surface area contributed by atoms with Gasteiger partial charge in [0.1, 0.15) is 0 Å². The summed E-state index contributed by atoms with van der Waals surface area (Å²) in [7, 11) is 0. The minimum absolute atomic E-state index is 0.0321. The monoisotopic (exact) mass is 287 g/mol. The normalized spacial score (nSPS) is 18.5. The van der Waals surface area contributed by atoms with Crippen LogP contribution in [0.4, 0.5) is 10.5 Å². The van der Waals surface area contributed by atoms with E-state index >= 15 is 0 Å². The van der Waals surface area contributed by atoms with Gasteiger partial charge in [-0.3, -0.25) is 0 Å². The van der Waals surface area contributed by atoms with Gasteiger partial charge in [-0.1, -0.05) is 37.5 Å². The van der Waals surface area contributed by atoms with Gasteiger partial charge in [-0.2, -0.15) is 0 Å². The maximum Gasteiger partial charge on any atom is 0.315 e. The average Bonchev–Trinajstić information content (AvgIpc) is 2.54. The van der Waals surface area contributed by atoms with Gasteiger partial charge >= 0.3 is 6.03 Å². The molecule has 0 atom stereocenters. The second-order valence-corrected chi connectivity index (χ2v) is 6.14. The van der Waals surface area contributed by atoms with E-state index in [-0.39, 0.29) is 6.03 Å². The summed E-state index contributed by atoms with van der Waals surface area (Å²) in [6, 6.07) is 6.68. The zero-order valence-corrected chi connectivity index (χ0v) is 12.6. The first-order chi connectivity index (χ1) is 10.3. The SMILES string of the molecule is O=C(NCc1cccc2c1NCCC2)NC1CCCCC1. The van der Waals surface area contributed by atoms with E-state index in [1.807, 2.05) is 0 Å². The predicted molar refractivity (Wildman–Crippen MR) is 85.5 cm³/mol. The Kier molecular flexibility index (Phi) is 4.63. The number of anilines is 1. The Morgan fingerprint density at radius 3 is 2.90 bits per heavy atom. The van der Waals surface area contributed by atoms with Crippen molar-refractivity contribution < 1.29 is 4.79 Å². The molecule has 2 aliphatic rings. The van der Waals surface area contributed by atoms with Gasteiger partial charge in [0.15, 0.2) is 0 Å². The Bertz CT molecular complexity index is 495. The highest BCUT2D eigenvalue weighted by Gasteiger charge is 2.16. The summed E-state index contributed by atoms with van der Waals surface area (Å²) in [5, 5.41) is 9.57. The molecule has 1 heterocycles.